The van der Waals surface area contributed by atoms with Crippen LogP contribution in [0.15, 0.2) is 36.0 Å². The van der Waals surface area contributed by atoms with E-state index in [4.69, 9.17) is 4.74 Å². The van der Waals surface area contributed by atoms with Gasteiger partial charge in [0.15, 0.2) is 0 Å². The maximum absolute atomic E-state index is 12.6. The predicted octanol–water partition coefficient (Wildman–Crippen LogP) is 3.15. The first kappa shape index (κ1) is 22.3. The van der Waals surface area contributed by atoms with Crippen LogP contribution in [0.2, 0.25) is 0 Å². The van der Waals surface area contributed by atoms with Crippen molar-refractivity contribution < 1.29 is 14.3 Å². The molecule has 0 unspecified atom stereocenters. The first-order valence-electron chi connectivity index (χ1n) is 10.2. The van der Waals surface area contributed by atoms with Crippen molar-refractivity contribution in [2.45, 2.75) is 33.6 Å². The van der Waals surface area contributed by atoms with Crippen LogP contribution in [0.3, 0.4) is 0 Å². The van der Waals surface area contributed by atoms with E-state index < -0.39 is 0 Å². The van der Waals surface area contributed by atoms with E-state index in [9.17, 15) is 14.9 Å². The Bertz CT molecular complexity index is 755. The highest BCUT2D eigenvalue weighted by Crippen LogP contribution is 2.21. The third-order valence-corrected chi connectivity index (χ3v) is 5.13. The van der Waals surface area contributed by atoms with Crippen molar-refractivity contribution in [3.05, 3.63) is 36.0 Å². The highest BCUT2D eigenvalue weighted by molar-refractivity contribution is 5.97. The molecule has 1 heterocycles. The molecule has 29 heavy (non-hydrogen) atoms. The third kappa shape index (κ3) is 5.98. The zero-order valence-electron chi connectivity index (χ0n) is 17.5. The number of likely N-dealkylation sites (tertiary alicyclic amines) is 1. The number of nitrogens with zero attached hydrogens (tertiary/aromatic N) is 3. The van der Waals surface area contributed by atoms with Crippen LogP contribution in [-0.2, 0) is 14.3 Å². The molecule has 1 aliphatic rings. The largest absolute Gasteiger partial charge is 0.466 e. The Morgan fingerprint density at radius 3 is 2.34 bits per heavy atom. The van der Waals surface area contributed by atoms with Crippen molar-refractivity contribution in [3.8, 4) is 6.07 Å². The van der Waals surface area contributed by atoms with Crippen LogP contribution in [0, 0.1) is 17.2 Å². The fourth-order valence-corrected chi connectivity index (χ4v) is 3.40. The molecule has 0 bridgehead atoms. The fourth-order valence-electron chi connectivity index (χ4n) is 3.40. The quantitative estimate of drug-likeness (QED) is 0.411. The molecule has 1 saturated heterocycles. The Labute approximate surface area is 172 Å². The van der Waals surface area contributed by atoms with E-state index in [2.05, 4.69) is 24.1 Å². The second-order valence-electron chi connectivity index (χ2n) is 6.85. The maximum atomic E-state index is 12.6. The number of carbonyl (C=O) groups excluding carboxylic acids is 2. The summed E-state index contributed by atoms with van der Waals surface area (Å²) in [6.45, 7) is 9.12. The number of carbonyl (C=O) groups is 2. The van der Waals surface area contributed by atoms with Crippen LogP contribution >= 0.6 is 0 Å². The summed E-state index contributed by atoms with van der Waals surface area (Å²) in [5.74, 6) is -0.691. The van der Waals surface area contributed by atoms with Gasteiger partial charge in [-0.3, -0.25) is 9.59 Å². The molecule has 0 atom stereocenters. The van der Waals surface area contributed by atoms with Crippen molar-refractivity contribution in [2.24, 2.45) is 5.92 Å². The molecule has 0 aliphatic carbocycles. The monoisotopic (exact) mass is 398 g/mol. The SMILES string of the molecule is CCOC(=O)C1CCN(C(=O)/C(C#N)=C\Nc2ccc(N(CC)CC)cc2)CC1. The van der Waals surface area contributed by atoms with Crippen LogP contribution < -0.4 is 10.2 Å². The van der Waals surface area contributed by atoms with E-state index in [0.717, 1.165) is 24.5 Å². The van der Waals surface area contributed by atoms with Gasteiger partial charge in [0.25, 0.3) is 5.91 Å². The Balaban J connectivity index is 1.95. The van der Waals surface area contributed by atoms with E-state index in [1.807, 2.05) is 30.3 Å². The van der Waals surface area contributed by atoms with Crippen molar-refractivity contribution in [1.29, 1.82) is 5.26 Å². The van der Waals surface area contributed by atoms with Crippen molar-refractivity contribution in [2.75, 3.05) is 43.0 Å². The Morgan fingerprint density at radius 2 is 1.83 bits per heavy atom. The number of piperidine rings is 1. The molecule has 0 aromatic heterocycles. The van der Waals surface area contributed by atoms with Gasteiger partial charge in [0, 0.05) is 43.8 Å². The van der Waals surface area contributed by atoms with Gasteiger partial charge in [-0.05, 0) is 57.9 Å². The second kappa shape index (κ2) is 11.1. The molecular formula is C22H30N4O3. The summed E-state index contributed by atoms with van der Waals surface area (Å²) >= 11 is 0. The number of nitriles is 1. The number of esters is 1. The Kier molecular flexibility index (Phi) is 8.53. The Morgan fingerprint density at radius 1 is 1.21 bits per heavy atom. The van der Waals surface area contributed by atoms with Gasteiger partial charge in [-0.1, -0.05) is 0 Å². The molecule has 2 rings (SSSR count). The molecule has 0 spiro atoms. The summed E-state index contributed by atoms with van der Waals surface area (Å²) in [5.41, 5.74) is 1.99. The van der Waals surface area contributed by atoms with Gasteiger partial charge >= 0.3 is 5.97 Å². The van der Waals surface area contributed by atoms with Crippen LogP contribution in [-0.4, -0.2) is 49.6 Å². The topological polar surface area (TPSA) is 85.7 Å². The number of anilines is 2. The zero-order valence-corrected chi connectivity index (χ0v) is 17.5. The predicted molar refractivity (Wildman–Crippen MR) is 113 cm³/mol. The third-order valence-electron chi connectivity index (χ3n) is 5.13. The van der Waals surface area contributed by atoms with Gasteiger partial charge in [0.05, 0.1) is 12.5 Å². The van der Waals surface area contributed by atoms with Crippen LogP contribution in [0.5, 0.6) is 0 Å². The summed E-state index contributed by atoms with van der Waals surface area (Å²) in [7, 11) is 0. The average molecular weight is 399 g/mol. The molecule has 7 nitrogen and oxygen atoms in total. The summed E-state index contributed by atoms with van der Waals surface area (Å²) in [4.78, 5) is 28.3. The van der Waals surface area contributed by atoms with Crippen LogP contribution in [0.4, 0.5) is 11.4 Å². The lowest BCUT2D eigenvalue weighted by atomic mass is 9.96. The number of nitrogens with one attached hydrogen (secondary N) is 1. The molecule has 156 valence electrons. The van der Waals surface area contributed by atoms with Gasteiger partial charge in [-0.15, -0.1) is 0 Å². The number of benzene rings is 1. The average Bonchev–Trinajstić information content (AvgIpc) is 2.76. The normalized spacial score (nSPS) is 14.8. The lowest BCUT2D eigenvalue weighted by Gasteiger charge is -2.30. The lowest BCUT2D eigenvalue weighted by Crippen LogP contribution is -2.41. The molecule has 1 fully saturated rings. The zero-order chi connectivity index (χ0) is 21.2. The highest BCUT2D eigenvalue weighted by atomic mass is 16.5. The fraction of sp³-hybridized carbons (Fsp3) is 0.500. The first-order chi connectivity index (χ1) is 14.0. The number of hydrogen-bond donors (Lipinski definition) is 1. The second-order valence-corrected chi connectivity index (χ2v) is 6.85. The lowest BCUT2D eigenvalue weighted by molar-refractivity contribution is -0.150. The molecule has 0 radical (unpaired) electrons. The molecule has 1 aliphatic heterocycles. The summed E-state index contributed by atoms with van der Waals surface area (Å²) < 4.78 is 5.05. The minimum atomic E-state index is -0.318. The van der Waals surface area contributed by atoms with Crippen molar-refractivity contribution in [1.82, 2.24) is 4.90 Å². The molecule has 1 aromatic rings. The molecular weight excluding hydrogens is 368 g/mol. The van der Waals surface area contributed by atoms with Gasteiger partial charge in [-0.25, -0.2) is 0 Å². The number of rotatable bonds is 8. The standard InChI is InChI=1S/C22H30N4O3/c1-4-25(5-2)20-9-7-19(8-10-20)24-16-18(15-23)21(27)26-13-11-17(12-14-26)22(28)29-6-3/h7-10,16-17,24H,4-6,11-14H2,1-3H3/b18-16-. The van der Waals surface area contributed by atoms with E-state index in [-0.39, 0.29) is 23.4 Å². The minimum Gasteiger partial charge on any atom is -0.466 e. The van der Waals surface area contributed by atoms with Gasteiger partial charge in [-0.2, -0.15) is 5.26 Å². The Hall–Kier alpha value is -3.01. The molecule has 1 amide bonds. The van der Waals surface area contributed by atoms with Crippen LogP contribution in [0.25, 0.3) is 0 Å². The number of ether oxygens (including phenoxy) is 1. The minimum absolute atomic E-state index is 0.0485. The van der Waals surface area contributed by atoms with Gasteiger partial charge < -0.3 is 19.9 Å². The molecule has 0 saturated carbocycles. The van der Waals surface area contributed by atoms with E-state index in [1.54, 1.807) is 11.8 Å². The summed E-state index contributed by atoms with van der Waals surface area (Å²) in [5, 5.41) is 12.4. The number of hydrogen-bond acceptors (Lipinski definition) is 6. The van der Waals surface area contributed by atoms with Crippen LogP contribution in [0.1, 0.15) is 33.6 Å². The van der Waals surface area contributed by atoms with E-state index in [1.165, 1.54) is 6.20 Å². The molecule has 1 N–H and O–H groups in total. The number of amides is 1. The smallest absolute Gasteiger partial charge is 0.309 e. The summed E-state index contributed by atoms with van der Waals surface area (Å²) in [6.07, 6.45) is 2.57. The van der Waals surface area contributed by atoms with Crippen molar-refractivity contribution in [3.63, 3.8) is 0 Å². The van der Waals surface area contributed by atoms with E-state index >= 15 is 0 Å². The highest BCUT2D eigenvalue weighted by Gasteiger charge is 2.29. The van der Waals surface area contributed by atoms with E-state index in [0.29, 0.717) is 32.5 Å². The summed E-state index contributed by atoms with van der Waals surface area (Å²) in [6, 6.07) is 9.85. The van der Waals surface area contributed by atoms with Gasteiger partial charge in [0.2, 0.25) is 0 Å². The van der Waals surface area contributed by atoms with Crippen molar-refractivity contribution >= 4 is 23.3 Å². The molecule has 7 heteroatoms. The first-order valence-corrected chi connectivity index (χ1v) is 10.2. The molecule has 1 aromatic carbocycles. The maximum Gasteiger partial charge on any atom is 0.309 e. The van der Waals surface area contributed by atoms with Gasteiger partial charge in [0.1, 0.15) is 11.6 Å².